The molecule has 2 rings (SSSR count). The lowest BCUT2D eigenvalue weighted by Crippen LogP contribution is -2.40. The van der Waals surface area contributed by atoms with Crippen LogP contribution in [0, 0.1) is 5.92 Å². The Morgan fingerprint density at radius 2 is 2.11 bits per heavy atom. The molecule has 1 heterocycles. The highest BCUT2D eigenvalue weighted by Gasteiger charge is 2.21. The molecule has 1 aromatic carbocycles. The molecule has 0 bridgehead atoms. The molecule has 100 valence electrons. The van der Waals surface area contributed by atoms with Gasteiger partial charge in [0.15, 0.2) is 0 Å². The van der Waals surface area contributed by atoms with Crippen molar-refractivity contribution in [3.63, 3.8) is 0 Å². The zero-order valence-corrected chi connectivity index (χ0v) is 11.9. The fourth-order valence-corrected chi connectivity index (χ4v) is 2.85. The summed E-state index contributed by atoms with van der Waals surface area (Å²) in [6, 6.07) is 9.41. The SMILES string of the molecule is CCC(C)N(CC)CC1CNc2ccccc2C1. The topological polar surface area (TPSA) is 15.3 Å². The molecule has 0 spiro atoms. The Labute approximate surface area is 111 Å². The maximum atomic E-state index is 3.57. The van der Waals surface area contributed by atoms with E-state index in [1.165, 1.54) is 30.6 Å². The van der Waals surface area contributed by atoms with Gasteiger partial charge in [0.2, 0.25) is 0 Å². The molecule has 2 nitrogen and oxygen atoms in total. The fourth-order valence-electron chi connectivity index (χ4n) is 2.85. The molecule has 0 saturated carbocycles. The molecule has 0 saturated heterocycles. The van der Waals surface area contributed by atoms with E-state index in [1.54, 1.807) is 0 Å². The average molecular weight is 246 g/mol. The van der Waals surface area contributed by atoms with E-state index in [2.05, 4.69) is 55.3 Å². The number of anilines is 1. The number of nitrogens with zero attached hydrogens (tertiary/aromatic N) is 1. The summed E-state index contributed by atoms with van der Waals surface area (Å²) < 4.78 is 0. The van der Waals surface area contributed by atoms with Crippen LogP contribution in [0.1, 0.15) is 32.8 Å². The van der Waals surface area contributed by atoms with E-state index in [9.17, 15) is 0 Å². The van der Waals surface area contributed by atoms with E-state index in [0.29, 0.717) is 6.04 Å². The normalized spacial score (nSPS) is 20.3. The smallest absolute Gasteiger partial charge is 0.0372 e. The Morgan fingerprint density at radius 3 is 2.83 bits per heavy atom. The first-order chi connectivity index (χ1) is 8.74. The van der Waals surface area contributed by atoms with Gasteiger partial charge in [-0.15, -0.1) is 0 Å². The summed E-state index contributed by atoms with van der Waals surface area (Å²) in [5.41, 5.74) is 2.81. The summed E-state index contributed by atoms with van der Waals surface area (Å²) >= 11 is 0. The second kappa shape index (κ2) is 6.24. The van der Waals surface area contributed by atoms with Crippen LogP contribution in [-0.2, 0) is 6.42 Å². The minimum atomic E-state index is 0.701. The Balaban J connectivity index is 1.96. The molecule has 0 aromatic heterocycles. The molecular formula is C16H26N2. The Bertz CT molecular complexity index is 375. The second-order valence-electron chi connectivity index (χ2n) is 5.45. The molecular weight excluding hydrogens is 220 g/mol. The number of nitrogens with one attached hydrogen (secondary N) is 1. The van der Waals surface area contributed by atoms with Crippen LogP contribution in [-0.4, -0.2) is 30.6 Å². The Kier molecular flexibility index (Phi) is 4.65. The van der Waals surface area contributed by atoms with Crippen molar-refractivity contribution < 1.29 is 0 Å². The standard InChI is InChI=1S/C16H26N2/c1-4-13(3)18(5-2)12-14-10-15-8-6-7-9-16(15)17-11-14/h6-9,13-14,17H,4-5,10-12H2,1-3H3. The van der Waals surface area contributed by atoms with Crippen molar-refractivity contribution in [1.29, 1.82) is 0 Å². The molecule has 0 amide bonds. The van der Waals surface area contributed by atoms with Gasteiger partial charge in [-0.05, 0) is 43.9 Å². The third kappa shape index (κ3) is 3.05. The molecule has 0 fully saturated rings. The summed E-state index contributed by atoms with van der Waals surface area (Å²) in [6.07, 6.45) is 2.46. The van der Waals surface area contributed by atoms with Crippen LogP contribution in [0.4, 0.5) is 5.69 Å². The zero-order valence-electron chi connectivity index (χ0n) is 11.9. The van der Waals surface area contributed by atoms with Crippen LogP contribution in [0.15, 0.2) is 24.3 Å². The van der Waals surface area contributed by atoms with E-state index >= 15 is 0 Å². The summed E-state index contributed by atoms with van der Waals surface area (Å²) in [6.45, 7) is 10.4. The molecule has 2 unspecified atom stereocenters. The summed E-state index contributed by atoms with van der Waals surface area (Å²) in [4.78, 5) is 2.61. The first-order valence-electron chi connectivity index (χ1n) is 7.30. The van der Waals surface area contributed by atoms with Crippen molar-refractivity contribution in [3.8, 4) is 0 Å². The zero-order chi connectivity index (χ0) is 13.0. The number of benzene rings is 1. The van der Waals surface area contributed by atoms with Crippen LogP contribution in [0.3, 0.4) is 0 Å². The van der Waals surface area contributed by atoms with E-state index in [-0.39, 0.29) is 0 Å². The molecule has 1 aliphatic rings. The lowest BCUT2D eigenvalue weighted by atomic mass is 9.93. The molecule has 0 radical (unpaired) electrons. The van der Waals surface area contributed by atoms with Gasteiger partial charge < -0.3 is 10.2 Å². The summed E-state index contributed by atoms with van der Waals surface area (Å²) in [5, 5.41) is 3.57. The minimum Gasteiger partial charge on any atom is -0.384 e. The fraction of sp³-hybridized carbons (Fsp3) is 0.625. The third-order valence-electron chi connectivity index (χ3n) is 4.22. The molecule has 18 heavy (non-hydrogen) atoms. The van der Waals surface area contributed by atoms with Crippen LogP contribution >= 0.6 is 0 Å². The molecule has 1 N–H and O–H groups in total. The lowest BCUT2D eigenvalue weighted by Gasteiger charge is -2.34. The molecule has 1 aromatic rings. The highest BCUT2D eigenvalue weighted by molar-refractivity contribution is 5.53. The summed E-state index contributed by atoms with van der Waals surface area (Å²) in [7, 11) is 0. The van der Waals surface area contributed by atoms with Crippen LogP contribution < -0.4 is 5.32 Å². The van der Waals surface area contributed by atoms with Crippen molar-refractivity contribution in [2.24, 2.45) is 5.92 Å². The predicted octanol–water partition coefficient (Wildman–Crippen LogP) is 3.39. The van der Waals surface area contributed by atoms with Crippen LogP contribution in [0.2, 0.25) is 0 Å². The van der Waals surface area contributed by atoms with Gasteiger partial charge in [0.1, 0.15) is 0 Å². The maximum absolute atomic E-state index is 3.57. The second-order valence-corrected chi connectivity index (χ2v) is 5.45. The van der Waals surface area contributed by atoms with E-state index in [4.69, 9.17) is 0 Å². The maximum Gasteiger partial charge on any atom is 0.0372 e. The van der Waals surface area contributed by atoms with E-state index in [0.717, 1.165) is 19.0 Å². The van der Waals surface area contributed by atoms with Gasteiger partial charge in [0, 0.05) is 24.8 Å². The van der Waals surface area contributed by atoms with Crippen molar-refractivity contribution in [2.45, 2.75) is 39.7 Å². The highest BCUT2D eigenvalue weighted by atomic mass is 15.1. The number of fused-ring (bicyclic) bond motifs is 1. The van der Waals surface area contributed by atoms with E-state index in [1.807, 2.05) is 0 Å². The summed E-state index contributed by atoms with van der Waals surface area (Å²) in [5.74, 6) is 0.744. The van der Waals surface area contributed by atoms with Gasteiger partial charge in [0.25, 0.3) is 0 Å². The number of rotatable bonds is 5. The first-order valence-corrected chi connectivity index (χ1v) is 7.30. The van der Waals surface area contributed by atoms with Gasteiger partial charge in [0.05, 0.1) is 0 Å². The minimum absolute atomic E-state index is 0.701. The van der Waals surface area contributed by atoms with Gasteiger partial charge in [-0.2, -0.15) is 0 Å². The van der Waals surface area contributed by atoms with Gasteiger partial charge in [-0.1, -0.05) is 32.0 Å². The van der Waals surface area contributed by atoms with Crippen LogP contribution in [0.25, 0.3) is 0 Å². The average Bonchev–Trinajstić information content (AvgIpc) is 2.43. The first kappa shape index (κ1) is 13.4. The molecule has 0 aliphatic carbocycles. The number of para-hydroxylation sites is 1. The third-order valence-corrected chi connectivity index (χ3v) is 4.22. The monoisotopic (exact) mass is 246 g/mol. The van der Waals surface area contributed by atoms with Gasteiger partial charge in [-0.3, -0.25) is 0 Å². The van der Waals surface area contributed by atoms with Crippen LogP contribution in [0.5, 0.6) is 0 Å². The predicted molar refractivity (Wildman–Crippen MR) is 79.1 cm³/mol. The molecule has 1 aliphatic heterocycles. The highest BCUT2D eigenvalue weighted by Crippen LogP contribution is 2.25. The Morgan fingerprint density at radius 1 is 1.33 bits per heavy atom. The molecule has 2 atom stereocenters. The van der Waals surface area contributed by atoms with Gasteiger partial charge >= 0.3 is 0 Å². The van der Waals surface area contributed by atoms with E-state index < -0.39 is 0 Å². The lowest BCUT2D eigenvalue weighted by molar-refractivity contribution is 0.183. The Hall–Kier alpha value is -1.02. The number of hydrogen-bond acceptors (Lipinski definition) is 2. The largest absolute Gasteiger partial charge is 0.384 e. The van der Waals surface area contributed by atoms with Gasteiger partial charge in [-0.25, -0.2) is 0 Å². The number of hydrogen-bond donors (Lipinski definition) is 1. The van der Waals surface area contributed by atoms with Crippen molar-refractivity contribution in [2.75, 3.05) is 25.0 Å². The quantitative estimate of drug-likeness (QED) is 0.856. The van der Waals surface area contributed by atoms with Crippen molar-refractivity contribution in [1.82, 2.24) is 4.90 Å². The molecule has 2 heteroatoms. The van der Waals surface area contributed by atoms with Crippen molar-refractivity contribution >= 4 is 5.69 Å². The van der Waals surface area contributed by atoms with Crippen molar-refractivity contribution in [3.05, 3.63) is 29.8 Å².